The molecular weight excluding hydrogens is 308 g/mol. The van der Waals surface area contributed by atoms with Crippen LogP contribution in [0, 0.1) is 0 Å². The first kappa shape index (κ1) is 14.2. The third-order valence-electron chi connectivity index (χ3n) is 3.52. The monoisotopic (exact) mass is 322 g/mol. The molecule has 0 atom stereocenters. The third kappa shape index (κ3) is 2.65. The Labute approximate surface area is 136 Å². The highest BCUT2D eigenvalue weighted by Gasteiger charge is 2.14. The minimum Gasteiger partial charge on any atom is -0.454 e. The lowest BCUT2D eigenvalue weighted by Crippen LogP contribution is -2.11. The fourth-order valence-electron chi connectivity index (χ4n) is 2.46. The van der Waals surface area contributed by atoms with Crippen molar-refractivity contribution >= 4 is 22.6 Å². The van der Waals surface area contributed by atoms with Crippen molar-refractivity contribution < 1.29 is 9.21 Å². The van der Waals surface area contributed by atoms with Gasteiger partial charge in [0.2, 0.25) is 0 Å². The molecule has 0 saturated carbocycles. The van der Waals surface area contributed by atoms with Gasteiger partial charge in [0.1, 0.15) is 16.8 Å². The lowest BCUT2D eigenvalue weighted by Gasteiger charge is -2.03. The standard InChI is InChI=1S/C16H14N6O2/c1-21-19-13-5-2-4-12(15(13)20-21)18-16(23)14-7-6-11(24-14)10-22-9-3-8-17-22/h2-9H,10H2,1H3,(H,18,23). The van der Waals surface area contributed by atoms with E-state index < -0.39 is 0 Å². The summed E-state index contributed by atoms with van der Waals surface area (Å²) < 4.78 is 7.32. The Morgan fingerprint density at radius 3 is 2.96 bits per heavy atom. The number of hydrogen-bond acceptors (Lipinski definition) is 5. The average molecular weight is 322 g/mol. The molecule has 4 rings (SSSR count). The van der Waals surface area contributed by atoms with E-state index >= 15 is 0 Å². The summed E-state index contributed by atoms with van der Waals surface area (Å²) in [7, 11) is 1.74. The van der Waals surface area contributed by atoms with E-state index in [1.807, 2.05) is 24.4 Å². The van der Waals surface area contributed by atoms with Gasteiger partial charge in [-0.2, -0.15) is 20.1 Å². The zero-order chi connectivity index (χ0) is 16.5. The Hall–Kier alpha value is -3.42. The second-order valence-corrected chi connectivity index (χ2v) is 5.29. The number of carbonyl (C=O) groups excluding carboxylic acids is 1. The van der Waals surface area contributed by atoms with Crippen LogP contribution in [0.3, 0.4) is 0 Å². The molecule has 8 heteroatoms. The van der Waals surface area contributed by atoms with Crippen molar-refractivity contribution in [1.82, 2.24) is 24.8 Å². The van der Waals surface area contributed by atoms with E-state index in [1.165, 1.54) is 4.80 Å². The number of aromatic nitrogens is 5. The molecule has 1 N–H and O–H groups in total. The van der Waals surface area contributed by atoms with Crippen molar-refractivity contribution in [3.63, 3.8) is 0 Å². The minimum atomic E-state index is -0.333. The summed E-state index contributed by atoms with van der Waals surface area (Å²) in [5.41, 5.74) is 1.95. The van der Waals surface area contributed by atoms with Gasteiger partial charge in [-0.1, -0.05) is 6.07 Å². The molecule has 0 aliphatic heterocycles. The van der Waals surface area contributed by atoms with Gasteiger partial charge in [-0.3, -0.25) is 9.48 Å². The predicted molar refractivity (Wildman–Crippen MR) is 86.5 cm³/mol. The fourth-order valence-corrected chi connectivity index (χ4v) is 2.46. The van der Waals surface area contributed by atoms with E-state index in [0.717, 1.165) is 0 Å². The number of furan rings is 1. The number of anilines is 1. The molecule has 3 aromatic heterocycles. The molecule has 1 amide bonds. The van der Waals surface area contributed by atoms with E-state index in [-0.39, 0.29) is 11.7 Å². The van der Waals surface area contributed by atoms with Gasteiger partial charge in [-0.25, -0.2) is 0 Å². The van der Waals surface area contributed by atoms with E-state index in [9.17, 15) is 4.79 Å². The van der Waals surface area contributed by atoms with Crippen LogP contribution < -0.4 is 5.32 Å². The predicted octanol–water partition coefficient (Wildman–Crippen LogP) is 2.06. The van der Waals surface area contributed by atoms with Crippen LogP contribution in [0.5, 0.6) is 0 Å². The van der Waals surface area contributed by atoms with Crippen molar-refractivity contribution in [2.45, 2.75) is 6.54 Å². The summed E-state index contributed by atoms with van der Waals surface area (Å²) in [4.78, 5) is 13.9. The van der Waals surface area contributed by atoms with Crippen LogP contribution in [-0.2, 0) is 13.6 Å². The maximum atomic E-state index is 12.4. The average Bonchev–Trinajstić information content (AvgIpc) is 3.28. The van der Waals surface area contributed by atoms with Crippen molar-refractivity contribution in [1.29, 1.82) is 0 Å². The maximum absolute atomic E-state index is 12.4. The number of hydrogen-bond donors (Lipinski definition) is 1. The normalized spacial score (nSPS) is 11.0. The Balaban J connectivity index is 1.54. The molecule has 0 unspecified atom stereocenters. The lowest BCUT2D eigenvalue weighted by molar-refractivity contribution is 0.0995. The SMILES string of the molecule is Cn1nc2cccc(NC(=O)c3ccc(Cn4cccn4)o3)c2n1. The van der Waals surface area contributed by atoms with E-state index in [1.54, 1.807) is 36.1 Å². The Morgan fingerprint density at radius 1 is 1.21 bits per heavy atom. The highest BCUT2D eigenvalue weighted by atomic mass is 16.4. The zero-order valence-electron chi connectivity index (χ0n) is 12.9. The Kier molecular flexibility index (Phi) is 3.34. The van der Waals surface area contributed by atoms with Crippen molar-refractivity contribution in [2.24, 2.45) is 7.05 Å². The zero-order valence-corrected chi connectivity index (χ0v) is 12.9. The first-order valence-corrected chi connectivity index (χ1v) is 7.36. The van der Waals surface area contributed by atoms with Gasteiger partial charge >= 0.3 is 0 Å². The smallest absolute Gasteiger partial charge is 0.291 e. The van der Waals surface area contributed by atoms with Crippen LogP contribution >= 0.6 is 0 Å². The molecule has 0 spiro atoms. The second-order valence-electron chi connectivity index (χ2n) is 5.29. The van der Waals surface area contributed by atoms with E-state index in [4.69, 9.17) is 4.42 Å². The Morgan fingerprint density at radius 2 is 2.12 bits per heavy atom. The fraction of sp³-hybridized carbons (Fsp3) is 0.125. The summed E-state index contributed by atoms with van der Waals surface area (Å²) in [6.45, 7) is 0.472. The summed E-state index contributed by atoms with van der Waals surface area (Å²) in [5, 5.41) is 15.4. The molecular formula is C16H14N6O2. The van der Waals surface area contributed by atoms with Crippen LogP contribution in [0.15, 0.2) is 53.2 Å². The molecule has 120 valence electrons. The minimum absolute atomic E-state index is 0.234. The largest absolute Gasteiger partial charge is 0.454 e. The second kappa shape index (κ2) is 5.65. The summed E-state index contributed by atoms with van der Waals surface area (Å²) in [5.74, 6) is 0.555. The van der Waals surface area contributed by atoms with Gasteiger partial charge in [0.05, 0.1) is 12.2 Å². The van der Waals surface area contributed by atoms with Crippen LogP contribution in [0.25, 0.3) is 11.0 Å². The highest BCUT2D eigenvalue weighted by Crippen LogP contribution is 2.20. The molecule has 0 saturated heterocycles. The molecule has 4 aromatic rings. The Bertz CT molecular complexity index is 999. The topological polar surface area (TPSA) is 90.8 Å². The summed E-state index contributed by atoms with van der Waals surface area (Å²) in [6.07, 6.45) is 3.52. The molecule has 1 aromatic carbocycles. The van der Waals surface area contributed by atoms with Crippen molar-refractivity contribution in [3.05, 3.63) is 60.3 Å². The third-order valence-corrected chi connectivity index (χ3v) is 3.52. The van der Waals surface area contributed by atoms with Gasteiger partial charge < -0.3 is 9.73 Å². The summed E-state index contributed by atoms with van der Waals surface area (Å²) in [6, 6.07) is 10.7. The molecule has 0 radical (unpaired) electrons. The van der Waals surface area contributed by atoms with Crippen molar-refractivity contribution in [2.75, 3.05) is 5.32 Å². The first-order chi connectivity index (χ1) is 11.7. The number of fused-ring (bicyclic) bond motifs is 1. The molecule has 0 bridgehead atoms. The quantitative estimate of drug-likeness (QED) is 0.621. The van der Waals surface area contributed by atoms with Crippen LogP contribution in [0.2, 0.25) is 0 Å². The number of aryl methyl sites for hydroxylation is 1. The van der Waals surface area contributed by atoms with Crippen LogP contribution in [0.1, 0.15) is 16.3 Å². The number of carbonyl (C=O) groups is 1. The molecule has 8 nitrogen and oxygen atoms in total. The molecule has 0 fully saturated rings. The van der Waals surface area contributed by atoms with Gasteiger partial charge in [0.15, 0.2) is 5.76 Å². The van der Waals surface area contributed by atoms with Gasteiger partial charge in [0.25, 0.3) is 5.91 Å². The highest BCUT2D eigenvalue weighted by molar-refractivity contribution is 6.06. The van der Waals surface area contributed by atoms with Gasteiger partial charge in [-0.05, 0) is 30.3 Å². The summed E-state index contributed by atoms with van der Waals surface area (Å²) >= 11 is 0. The van der Waals surface area contributed by atoms with Crippen LogP contribution in [-0.4, -0.2) is 30.7 Å². The number of benzene rings is 1. The lowest BCUT2D eigenvalue weighted by atomic mass is 10.2. The first-order valence-electron chi connectivity index (χ1n) is 7.36. The maximum Gasteiger partial charge on any atom is 0.291 e. The van der Waals surface area contributed by atoms with Gasteiger partial charge in [0, 0.05) is 19.4 Å². The van der Waals surface area contributed by atoms with E-state index in [0.29, 0.717) is 29.0 Å². The molecule has 0 aliphatic carbocycles. The number of amides is 1. The number of rotatable bonds is 4. The molecule has 0 aliphatic rings. The molecule has 24 heavy (non-hydrogen) atoms. The molecule has 3 heterocycles. The number of nitrogens with one attached hydrogen (secondary N) is 1. The number of nitrogens with zero attached hydrogens (tertiary/aromatic N) is 5. The van der Waals surface area contributed by atoms with Crippen molar-refractivity contribution in [3.8, 4) is 0 Å². The van der Waals surface area contributed by atoms with E-state index in [2.05, 4.69) is 20.6 Å². The van der Waals surface area contributed by atoms with Gasteiger partial charge in [-0.15, -0.1) is 0 Å². The van der Waals surface area contributed by atoms with Crippen LogP contribution in [0.4, 0.5) is 5.69 Å².